The number of nitrogens with zero attached hydrogens (tertiary/aromatic N) is 3. The Morgan fingerprint density at radius 3 is 2.45 bits per heavy atom. The van der Waals surface area contributed by atoms with Gasteiger partial charge in [-0.05, 0) is 27.2 Å². The van der Waals surface area contributed by atoms with Crippen LogP contribution in [0.3, 0.4) is 0 Å². The lowest BCUT2D eigenvalue weighted by atomic mass is 9.98. The normalized spacial score (nSPS) is 13.0. The van der Waals surface area contributed by atoms with Gasteiger partial charge in [-0.15, -0.1) is 0 Å². The number of unbranched alkanes of at least 4 members (excludes halogenated alkanes) is 1. The summed E-state index contributed by atoms with van der Waals surface area (Å²) in [7, 11) is 0. The Labute approximate surface area is 120 Å². The van der Waals surface area contributed by atoms with E-state index in [0.717, 1.165) is 19.3 Å². The molecular weight excluding hydrogens is 256 g/mol. The summed E-state index contributed by atoms with van der Waals surface area (Å²) in [6.45, 7) is 7.72. The van der Waals surface area contributed by atoms with Crippen molar-refractivity contribution in [1.82, 2.24) is 14.9 Å². The van der Waals surface area contributed by atoms with Gasteiger partial charge < -0.3 is 10.8 Å². The van der Waals surface area contributed by atoms with Crippen LogP contribution in [0, 0.1) is 0 Å². The molecule has 0 aromatic carbocycles. The van der Waals surface area contributed by atoms with Crippen molar-refractivity contribution in [3.8, 4) is 0 Å². The highest BCUT2D eigenvalue weighted by molar-refractivity contribution is 5.66. The van der Waals surface area contributed by atoms with E-state index in [-0.39, 0.29) is 6.04 Å². The summed E-state index contributed by atoms with van der Waals surface area (Å²) < 4.78 is 0. The molecule has 0 aliphatic carbocycles. The molecule has 0 fully saturated rings. The van der Waals surface area contributed by atoms with E-state index in [2.05, 4.69) is 16.9 Å². The van der Waals surface area contributed by atoms with Crippen LogP contribution in [-0.4, -0.2) is 31.6 Å². The highest BCUT2D eigenvalue weighted by Gasteiger charge is 2.34. The highest BCUT2D eigenvalue weighted by Crippen LogP contribution is 2.31. The molecule has 1 amide bonds. The summed E-state index contributed by atoms with van der Waals surface area (Å²) in [6.07, 6.45) is 4.73. The first-order chi connectivity index (χ1) is 9.27. The van der Waals surface area contributed by atoms with Crippen LogP contribution in [0.15, 0.2) is 12.4 Å². The Morgan fingerprint density at radius 2 is 2.05 bits per heavy atom. The summed E-state index contributed by atoms with van der Waals surface area (Å²) in [5.41, 5.74) is 5.68. The number of hydrogen-bond acceptors (Lipinski definition) is 4. The Hall–Kier alpha value is -1.85. The number of carboxylic acid groups (broad SMARTS) is 1. The molecule has 1 unspecified atom stereocenters. The minimum absolute atomic E-state index is 0.305. The number of aromatic nitrogens is 2. The molecule has 112 valence electrons. The molecule has 0 aliphatic heterocycles. The molecule has 6 heteroatoms. The van der Waals surface area contributed by atoms with Gasteiger partial charge in [0.05, 0.1) is 24.1 Å². The van der Waals surface area contributed by atoms with Crippen molar-refractivity contribution in [3.05, 3.63) is 18.1 Å². The lowest BCUT2D eigenvalue weighted by Gasteiger charge is -2.39. The van der Waals surface area contributed by atoms with Crippen LogP contribution in [0.4, 0.5) is 10.6 Å². The Balaban J connectivity index is 3.15. The van der Waals surface area contributed by atoms with Gasteiger partial charge in [-0.25, -0.2) is 9.78 Å². The molecular formula is C14H24N4O2. The van der Waals surface area contributed by atoms with Gasteiger partial charge in [0.25, 0.3) is 0 Å². The minimum atomic E-state index is -0.947. The van der Waals surface area contributed by atoms with Gasteiger partial charge in [0.15, 0.2) is 0 Å². The maximum atomic E-state index is 11.6. The lowest BCUT2D eigenvalue weighted by molar-refractivity contribution is 0.0644. The van der Waals surface area contributed by atoms with Gasteiger partial charge in [-0.2, -0.15) is 0 Å². The Morgan fingerprint density at radius 1 is 1.40 bits per heavy atom. The number of anilines is 1. The number of carbonyl (C=O) groups is 1. The van der Waals surface area contributed by atoms with Crippen molar-refractivity contribution in [2.75, 3.05) is 5.73 Å². The first-order valence-corrected chi connectivity index (χ1v) is 6.87. The largest absolute Gasteiger partial charge is 0.465 e. The van der Waals surface area contributed by atoms with Crippen molar-refractivity contribution in [1.29, 1.82) is 0 Å². The van der Waals surface area contributed by atoms with Crippen LogP contribution >= 0.6 is 0 Å². The van der Waals surface area contributed by atoms with E-state index in [4.69, 9.17) is 5.73 Å². The topological polar surface area (TPSA) is 92.3 Å². The number of hydrogen-bond donors (Lipinski definition) is 2. The van der Waals surface area contributed by atoms with Crippen LogP contribution in [0.1, 0.15) is 58.7 Å². The summed E-state index contributed by atoms with van der Waals surface area (Å²) in [4.78, 5) is 21.4. The van der Waals surface area contributed by atoms with Crippen LogP contribution in [0.2, 0.25) is 0 Å². The zero-order valence-electron chi connectivity index (χ0n) is 12.6. The average molecular weight is 280 g/mol. The van der Waals surface area contributed by atoms with Crippen LogP contribution in [-0.2, 0) is 0 Å². The zero-order chi connectivity index (χ0) is 15.3. The van der Waals surface area contributed by atoms with Crippen LogP contribution in [0.5, 0.6) is 0 Å². The molecule has 1 aromatic rings. The van der Waals surface area contributed by atoms with E-state index in [1.54, 1.807) is 6.20 Å². The summed E-state index contributed by atoms with van der Waals surface area (Å²) in [6, 6.07) is -0.305. The average Bonchev–Trinajstić information content (AvgIpc) is 2.33. The predicted molar refractivity (Wildman–Crippen MR) is 78.3 cm³/mol. The molecule has 0 spiro atoms. The van der Waals surface area contributed by atoms with Gasteiger partial charge >= 0.3 is 6.09 Å². The molecule has 1 atom stereocenters. The van der Waals surface area contributed by atoms with E-state index >= 15 is 0 Å². The van der Waals surface area contributed by atoms with Crippen molar-refractivity contribution >= 4 is 11.9 Å². The number of nitrogens with two attached hydrogens (primary N) is 1. The number of amides is 1. The van der Waals surface area contributed by atoms with Crippen molar-refractivity contribution in [2.45, 2.75) is 58.5 Å². The van der Waals surface area contributed by atoms with Crippen molar-refractivity contribution in [3.63, 3.8) is 0 Å². The van der Waals surface area contributed by atoms with Crippen molar-refractivity contribution < 1.29 is 9.90 Å². The first kappa shape index (κ1) is 16.2. The monoisotopic (exact) mass is 280 g/mol. The van der Waals surface area contributed by atoms with Gasteiger partial charge in [-0.1, -0.05) is 19.8 Å². The molecule has 0 radical (unpaired) electrons. The van der Waals surface area contributed by atoms with Crippen LogP contribution in [0.25, 0.3) is 0 Å². The smallest absolute Gasteiger partial charge is 0.408 e. The molecule has 0 aliphatic rings. The van der Waals surface area contributed by atoms with E-state index in [1.165, 1.54) is 11.1 Å². The molecule has 6 nitrogen and oxygen atoms in total. The molecule has 0 saturated heterocycles. The van der Waals surface area contributed by atoms with Gasteiger partial charge in [0, 0.05) is 5.54 Å². The quantitative estimate of drug-likeness (QED) is 0.864. The van der Waals surface area contributed by atoms with Crippen LogP contribution < -0.4 is 5.73 Å². The third-order valence-electron chi connectivity index (χ3n) is 3.10. The molecule has 0 saturated carbocycles. The summed E-state index contributed by atoms with van der Waals surface area (Å²) in [5, 5.41) is 9.55. The maximum absolute atomic E-state index is 11.6. The number of nitrogen functional groups attached to an aromatic ring is 1. The van der Waals surface area contributed by atoms with Crippen molar-refractivity contribution in [2.24, 2.45) is 0 Å². The second kappa shape index (κ2) is 6.54. The molecule has 3 N–H and O–H groups in total. The summed E-state index contributed by atoms with van der Waals surface area (Å²) >= 11 is 0. The van der Waals surface area contributed by atoms with Gasteiger partial charge in [-0.3, -0.25) is 9.88 Å². The predicted octanol–water partition coefficient (Wildman–Crippen LogP) is 3.07. The molecule has 1 heterocycles. The van der Waals surface area contributed by atoms with Gasteiger partial charge in [0.1, 0.15) is 5.82 Å². The Kier molecular flexibility index (Phi) is 5.30. The minimum Gasteiger partial charge on any atom is -0.465 e. The first-order valence-electron chi connectivity index (χ1n) is 6.87. The fourth-order valence-electron chi connectivity index (χ4n) is 2.21. The molecule has 1 rings (SSSR count). The fourth-order valence-corrected chi connectivity index (χ4v) is 2.21. The lowest BCUT2D eigenvalue weighted by Crippen LogP contribution is -2.47. The second-order valence-electron chi connectivity index (χ2n) is 5.85. The highest BCUT2D eigenvalue weighted by atomic mass is 16.4. The van der Waals surface area contributed by atoms with E-state index in [1.807, 2.05) is 20.8 Å². The zero-order valence-corrected chi connectivity index (χ0v) is 12.6. The second-order valence-corrected chi connectivity index (χ2v) is 5.85. The van der Waals surface area contributed by atoms with Gasteiger partial charge in [0.2, 0.25) is 0 Å². The fraction of sp³-hybridized carbons (Fsp3) is 0.643. The SMILES string of the molecule is CCCCC(c1cnc(N)cn1)N(C(=O)O)C(C)(C)C. The Bertz CT molecular complexity index is 439. The molecule has 1 aromatic heterocycles. The van der Waals surface area contributed by atoms with E-state index < -0.39 is 11.6 Å². The number of rotatable bonds is 5. The molecule has 0 bridgehead atoms. The third kappa shape index (κ3) is 4.08. The van der Waals surface area contributed by atoms with E-state index in [9.17, 15) is 9.90 Å². The maximum Gasteiger partial charge on any atom is 0.408 e. The molecule has 20 heavy (non-hydrogen) atoms. The third-order valence-corrected chi connectivity index (χ3v) is 3.10. The van der Waals surface area contributed by atoms with E-state index in [0.29, 0.717) is 11.5 Å². The standard InChI is InChI=1S/C14H24N4O2/c1-5-6-7-11(10-8-17-12(15)9-16-10)18(13(19)20)14(2,3)4/h8-9,11H,5-7H2,1-4H3,(H2,15,17)(H,19,20). The summed E-state index contributed by atoms with van der Waals surface area (Å²) in [5.74, 6) is 0.334.